The molecule has 0 bridgehead atoms. The monoisotopic (exact) mass is 231 g/mol. The lowest BCUT2D eigenvalue weighted by molar-refractivity contribution is 0.470. The smallest absolute Gasteiger partial charge is 0.240 e. The molecule has 0 heterocycles. The molecule has 0 radical (unpaired) electrons. The van der Waals surface area contributed by atoms with Gasteiger partial charge >= 0.3 is 0 Å². The van der Waals surface area contributed by atoms with Crippen LogP contribution >= 0.6 is 15.9 Å². The van der Waals surface area contributed by atoms with Gasteiger partial charge in [0, 0.05) is 6.07 Å². The molecule has 0 aliphatic heterocycles. The number of halogens is 2. The molecule has 1 rings (SSSR count). The number of benzene rings is 1. The molecule has 1 N–H and O–H groups in total. The lowest BCUT2D eigenvalue weighted by Crippen LogP contribution is -1.77. The van der Waals surface area contributed by atoms with Crippen LogP contribution in [-0.2, 0) is 4.79 Å². The van der Waals surface area contributed by atoms with Gasteiger partial charge in [-0.15, -0.1) is 0 Å². The Morgan fingerprint density at radius 3 is 2.83 bits per heavy atom. The Kier molecular flexibility index (Phi) is 2.58. The first-order chi connectivity index (χ1) is 5.65. The molecule has 0 unspecified atom stereocenters. The highest BCUT2D eigenvalue weighted by Crippen LogP contribution is 2.30. The lowest BCUT2D eigenvalue weighted by Gasteiger charge is -1.98. The quantitative estimate of drug-likeness (QED) is 0.596. The first-order valence-electron chi connectivity index (χ1n) is 2.91. The average Bonchev–Trinajstić information content (AvgIpc) is 2.01. The number of aliphatic imine (C=N–C) groups is 1. The van der Waals surface area contributed by atoms with Gasteiger partial charge in [0.15, 0.2) is 5.82 Å². The summed E-state index contributed by atoms with van der Waals surface area (Å²) in [7, 11) is 0. The van der Waals surface area contributed by atoms with E-state index in [2.05, 4.69) is 20.9 Å². The van der Waals surface area contributed by atoms with Crippen LogP contribution in [0.4, 0.5) is 10.1 Å². The molecule has 0 aromatic heterocycles. The highest BCUT2D eigenvalue weighted by atomic mass is 79.9. The molecular weight excluding hydrogens is 229 g/mol. The van der Waals surface area contributed by atoms with Crippen molar-refractivity contribution in [1.82, 2.24) is 0 Å². The van der Waals surface area contributed by atoms with Crippen LogP contribution in [0.5, 0.6) is 5.75 Å². The molecule has 0 saturated carbocycles. The van der Waals surface area contributed by atoms with Crippen LogP contribution < -0.4 is 0 Å². The number of rotatable bonds is 1. The number of aromatic hydroxyl groups is 1. The number of isocyanates is 1. The predicted octanol–water partition coefficient (Wildman–Crippen LogP) is 2.26. The average molecular weight is 232 g/mol. The van der Waals surface area contributed by atoms with Crippen LogP contribution in [0.3, 0.4) is 0 Å². The molecule has 5 heteroatoms. The molecule has 1 aromatic carbocycles. The molecule has 0 aliphatic carbocycles. The van der Waals surface area contributed by atoms with E-state index in [0.717, 1.165) is 12.1 Å². The van der Waals surface area contributed by atoms with Crippen LogP contribution in [0.2, 0.25) is 0 Å². The second-order valence-electron chi connectivity index (χ2n) is 1.96. The normalized spacial score (nSPS) is 9.17. The van der Waals surface area contributed by atoms with Crippen molar-refractivity contribution in [2.45, 2.75) is 0 Å². The number of hydrogen-bond acceptors (Lipinski definition) is 3. The zero-order valence-corrected chi connectivity index (χ0v) is 7.30. The summed E-state index contributed by atoms with van der Waals surface area (Å²) in [4.78, 5) is 12.8. The molecule has 0 fully saturated rings. The second kappa shape index (κ2) is 3.47. The second-order valence-corrected chi connectivity index (χ2v) is 2.81. The maximum Gasteiger partial charge on any atom is 0.240 e. The van der Waals surface area contributed by atoms with Crippen molar-refractivity contribution < 1.29 is 14.3 Å². The summed E-state index contributed by atoms with van der Waals surface area (Å²) >= 11 is 2.90. The summed E-state index contributed by atoms with van der Waals surface area (Å²) in [5.74, 6) is -0.867. The highest BCUT2D eigenvalue weighted by molar-refractivity contribution is 9.10. The van der Waals surface area contributed by atoms with Crippen molar-refractivity contribution in [3.8, 4) is 5.75 Å². The van der Waals surface area contributed by atoms with Crippen LogP contribution in [0, 0.1) is 5.82 Å². The Hall–Kier alpha value is -1.19. The van der Waals surface area contributed by atoms with Crippen molar-refractivity contribution in [3.63, 3.8) is 0 Å². The van der Waals surface area contributed by atoms with E-state index in [0.29, 0.717) is 0 Å². The third-order valence-electron chi connectivity index (χ3n) is 1.18. The standard InChI is InChI=1S/C7H3BrFNO2/c8-4-1-5(9)6(10-3-11)2-7(4)12/h1-2,12H. The number of hydrogen-bond donors (Lipinski definition) is 1. The minimum atomic E-state index is -0.692. The molecular formula is C7H3BrFNO2. The maximum absolute atomic E-state index is 12.8. The van der Waals surface area contributed by atoms with Crippen LogP contribution in [0.25, 0.3) is 0 Å². The zero-order chi connectivity index (χ0) is 9.14. The third-order valence-corrected chi connectivity index (χ3v) is 1.82. The van der Waals surface area contributed by atoms with E-state index >= 15 is 0 Å². The largest absolute Gasteiger partial charge is 0.507 e. The van der Waals surface area contributed by atoms with Crippen molar-refractivity contribution >= 4 is 27.7 Å². The maximum atomic E-state index is 12.8. The van der Waals surface area contributed by atoms with Crippen LogP contribution in [-0.4, -0.2) is 11.2 Å². The predicted molar refractivity (Wildman–Crippen MR) is 43.5 cm³/mol. The van der Waals surface area contributed by atoms with Crippen LogP contribution in [0.1, 0.15) is 0 Å². The number of carbonyl (C=O) groups excluding carboxylic acids is 1. The first-order valence-corrected chi connectivity index (χ1v) is 3.70. The molecule has 3 nitrogen and oxygen atoms in total. The van der Waals surface area contributed by atoms with Gasteiger partial charge in [-0.05, 0) is 22.0 Å². The summed E-state index contributed by atoms with van der Waals surface area (Å²) in [6.45, 7) is 0. The Morgan fingerprint density at radius 1 is 1.58 bits per heavy atom. The van der Waals surface area contributed by atoms with E-state index in [-0.39, 0.29) is 15.9 Å². The van der Waals surface area contributed by atoms with Gasteiger partial charge in [-0.25, -0.2) is 9.18 Å². The van der Waals surface area contributed by atoms with Gasteiger partial charge in [0.05, 0.1) is 4.47 Å². The lowest BCUT2D eigenvalue weighted by atomic mass is 10.3. The number of nitrogens with zero attached hydrogens (tertiary/aromatic N) is 1. The Bertz CT molecular complexity index is 361. The summed E-state index contributed by atoms with van der Waals surface area (Å²) in [5, 5.41) is 9.05. The fourth-order valence-corrected chi connectivity index (χ4v) is 0.977. The van der Waals surface area contributed by atoms with Gasteiger partial charge in [0.1, 0.15) is 11.4 Å². The summed E-state index contributed by atoms with van der Waals surface area (Å²) in [5.41, 5.74) is -0.231. The molecule has 1 aromatic rings. The Balaban J connectivity index is 3.32. The zero-order valence-electron chi connectivity index (χ0n) is 5.71. The molecule has 0 aliphatic rings. The van der Waals surface area contributed by atoms with Gasteiger partial charge < -0.3 is 5.11 Å². The molecule has 0 amide bonds. The van der Waals surface area contributed by atoms with Crippen LogP contribution in [0.15, 0.2) is 21.6 Å². The van der Waals surface area contributed by atoms with E-state index < -0.39 is 5.82 Å². The minimum Gasteiger partial charge on any atom is -0.507 e. The Morgan fingerprint density at radius 2 is 2.25 bits per heavy atom. The van der Waals surface area contributed by atoms with Crippen molar-refractivity contribution in [2.75, 3.05) is 0 Å². The van der Waals surface area contributed by atoms with Gasteiger partial charge in [-0.2, -0.15) is 4.99 Å². The highest BCUT2D eigenvalue weighted by Gasteiger charge is 2.05. The molecule has 0 spiro atoms. The summed E-state index contributed by atoms with van der Waals surface area (Å²) in [6, 6.07) is 2.05. The fraction of sp³-hybridized carbons (Fsp3) is 0. The fourth-order valence-electron chi connectivity index (χ4n) is 0.661. The molecule has 62 valence electrons. The number of phenolic OH excluding ortho intramolecular Hbond substituents is 1. The van der Waals surface area contributed by atoms with Gasteiger partial charge in [0.25, 0.3) is 0 Å². The topological polar surface area (TPSA) is 49.7 Å². The molecule has 0 atom stereocenters. The van der Waals surface area contributed by atoms with Gasteiger partial charge in [-0.3, -0.25) is 0 Å². The SMILES string of the molecule is O=C=Nc1cc(O)c(Br)cc1F. The summed E-state index contributed by atoms with van der Waals surface area (Å²) in [6.07, 6.45) is 1.18. The first kappa shape index (κ1) is 8.90. The van der Waals surface area contributed by atoms with E-state index in [1.165, 1.54) is 6.08 Å². The van der Waals surface area contributed by atoms with E-state index in [1.807, 2.05) is 0 Å². The van der Waals surface area contributed by atoms with E-state index in [1.54, 1.807) is 0 Å². The third kappa shape index (κ3) is 1.69. The molecule has 0 saturated heterocycles. The van der Waals surface area contributed by atoms with Gasteiger partial charge in [0.2, 0.25) is 6.08 Å². The summed E-state index contributed by atoms with van der Waals surface area (Å²) < 4.78 is 13.0. The Labute approximate surface area is 75.7 Å². The number of phenols is 1. The van der Waals surface area contributed by atoms with E-state index in [9.17, 15) is 9.18 Å². The van der Waals surface area contributed by atoms with E-state index in [4.69, 9.17) is 5.11 Å². The minimum absolute atomic E-state index is 0.176. The van der Waals surface area contributed by atoms with Crippen molar-refractivity contribution in [1.29, 1.82) is 0 Å². The molecule has 12 heavy (non-hydrogen) atoms. The van der Waals surface area contributed by atoms with Crippen molar-refractivity contribution in [3.05, 3.63) is 22.4 Å². The van der Waals surface area contributed by atoms with Crippen molar-refractivity contribution in [2.24, 2.45) is 4.99 Å². The van der Waals surface area contributed by atoms with Gasteiger partial charge in [-0.1, -0.05) is 0 Å².